The fourth-order valence-corrected chi connectivity index (χ4v) is 11.2. The van der Waals surface area contributed by atoms with Gasteiger partial charge in [0.15, 0.2) is 0 Å². The minimum atomic E-state index is -4.42. The summed E-state index contributed by atoms with van der Waals surface area (Å²) in [6.07, 6.45) is -4.24. The van der Waals surface area contributed by atoms with Crippen LogP contribution in [0.3, 0.4) is 0 Å². The summed E-state index contributed by atoms with van der Waals surface area (Å²) in [7, 11) is 0. The predicted molar refractivity (Wildman–Crippen MR) is 333 cm³/mol. The number of aromatic nitrogens is 6. The lowest BCUT2D eigenvalue weighted by Gasteiger charge is -2.21. The minimum Gasteiger partial charge on any atom is -0.505 e. The van der Waals surface area contributed by atoms with Gasteiger partial charge in [-0.3, -0.25) is 29.9 Å². The maximum absolute atomic E-state index is 13.0. The molecule has 12 rings (SSSR count). The average Bonchev–Trinajstić information content (AvgIpc) is 0.899. The number of aromatic hydroxyl groups is 3. The molecule has 9 nitrogen and oxygen atoms in total. The number of benzene rings is 6. The van der Waals surface area contributed by atoms with Crippen molar-refractivity contribution in [3.63, 3.8) is 0 Å². The normalized spacial score (nSPS) is 12.8. The van der Waals surface area contributed by atoms with E-state index in [0.717, 1.165) is 75.2 Å². The quantitative estimate of drug-likeness (QED) is 0.102. The van der Waals surface area contributed by atoms with Crippen molar-refractivity contribution in [2.45, 2.75) is 69.4 Å². The van der Waals surface area contributed by atoms with Gasteiger partial charge in [-0.15, -0.1) is 0 Å². The van der Waals surface area contributed by atoms with E-state index in [0.29, 0.717) is 84.9 Å². The number of pyridine rings is 6. The second-order valence-corrected chi connectivity index (χ2v) is 22.4. The summed E-state index contributed by atoms with van der Waals surface area (Å²) in [6.45, 7) is 3.76. The van der Waals surface area contributed by atoms with E-state index in [1.807, 2.05) is 68.4 Å². The summed E-state index contributed by atoms with van der Waals surface area (Å²) in [5.41, 5.74) is 6.81. The van der Waals surface area contributed by atoms with Crippen molar-refractivity contribution >= 4 is 55.9 Å². The van der Waals surface area contributed by atoms with Crippen molar-refractivity contribution in [3.05, 3.63) is 301 Å². The van der Waals surface area contributed by atoms with E-state index in [9.17, 15) is 54.8 Å². The molecule has 0 saturated carbocycles. The number of alkyl halides is 9. The van der Waals surface area contributed by atoms with Gasteiger partial charge in [0.25, 0.3) is 0 Å². The zero-order chi connectivity index (χ0) is 64.8. The first-order chi connectivity index (χ1) is 43.4. The molecule has 0 saturated heterocycles. The monoisotopic (exact) mass is 1280 g/mol. The Kier molecular flexibility index (Phi) is 19.2. The van der Waals surface area contributed by atoms with Gasteiger partial charge >= 0.3 is 18.5 Å². The molecule has 3 unspecified atom stereocenters. The van der Waals surface area contributed by atoms with E-state index in [1.165, 1.54) is 48.8 Å². The van der Waals surface area contributed by atoms with Crippen molar-refractivity contribution in [2.75, 3.05) is 0 Å². The summed E-state index contributed by atoms with van der Waals surface area (Å²) in [5.74, 6) is -1.19. The van der Waals surface area contributed by atoms with Crippen LogP contribution in [-0.2, 0) is 37.8 Å². The highest BCUT2D eigenvalue weighted by Crippen LogP contribution is 2.43. The summed E-state index contributed by atoms with van der Waals surface area (Å²) < 4.78 is 117. The molecule has 0 aliphatic carbocycles. The lowest BCUT2D eigenvalue weighted by Crippen LogP contribution is -2.10. The van der Waals surface area contributed by atoms with Crippen LogP contribution in [0.25, 0.3) is 32.7 Å². The topological polar surface area (TPSA) is 138 Å². The van der Waals surface area contributed by atoms with Crippen LogP contribution in [0.4, 0.5) is 39.5 Å². The molecule has 0 spiro atoms. The Morgan fingerprint density at radius 3 is 1.13 bits per heavy atom. The van der Waals surface area contributed by atoms with Crippen LogP contribution in [0, 0.1) is 13.8 Å². The Labute approximate surface area is 526 Å². The number of hydrogen-bond acceptors (Lipinski definition) is 9. The first kappa shape index (κ1) is 64.3. The third-order valence-electron chi connectivity index (χ3n) is 15.5. The second kappa shape index (κ2) is 27.2. The van der Waals surface area contributed by atoms with Crippen LogP contribution in [0.5, 0.6) is 17.2 Å². The zero-order valence-electron chi connectivity index (χ0n) is 48.2. The van der Waals surface area contributed by atoms with Crippen LogP contribution in [-0.4, -0.2) is 45.2 Å². The molecule has 462 valence electrons. The molecule has 6 heterocycles. The van der Waals surface area contributed by atoms with Gasteiger partial charge in [-0.25, -0.2) is 0 Å². The Balaban J connectivity index is 0.000000150. The molecule has 0 radical (unpaired) electrons. The number of rotatable bonds is 12. The van der Waals surface area contributed by atoms with Crippen molar-refractivity contribution in [1.82, 2.24) is 29.9 Å². The number of halogens is 11. The van der Waals surface area contributed by atoms with E-state index in [4.69, 9.17) is 23.2 Å². The number of fused-ring (bicyclic) bond motifs is 3. The molecule has 0 fully saturated rings. The molecule has 12 aromatic rings. The van der Waals surface area contributed by atoms with Gasteiger partial charge in [0.05, 0.1) is 26.7 Å². The summed E-state index contributed by atoms with van der Waals surface area (Å²) in [5, 5.41) is 36.1. The predicted octanol–water partition coefficient (Wildman–Crippen LogP) is 19.1. The molecule has 6 aromatic carbocycles. The number of phenolic OH excluding ortho intramolecular Hbond substituents is 3. The fourth-order valence-electron chi connectivity index (χ4n) is 10.8. The molecule has 0 amide bonds. The number of aryl methyl sites for hydroxylation is 2. The van der Waals surface area contributed by atoms with Gasteiger partial charge in [0.1, 0.15) is 33.8 Å². The smallest absolute Gasteiger partial charge is 0.416 e. The highest BCUT2D eigenvalue weighted by molar-refractivity contribution is 6.30. The number of nitrogens with zero attached hydrogens (tertiary/aromatic N) is 6. The Bertz CT molecular complexity index is 4520. The standard InChI is InChI=1S/C24H18ClF3N2O.C24H19F3N2O.C23H16ClF3N2O/c1-14-11-18(25)13-30-21(14)12-20(15-4-7-17(8-5-15)24(26,27)28)19-9-6-16-3-2-10-29-22(16)23(19)31;1-15-4-2-6-19(29-15)14-21(16-7-10-18(11-8-16)24(25,26)27)20-12-9-17-5-3-13-28-22(17)23(20)30;24-17-8-9-18(29-13-17)12-20(14-3-6-16(7-4-14)23(25,26)27)19-10-5-15-2-1-11-28-21(15)22(19)30/h2-11,13,20,31H,12H2,1H3;2-13,21,30H,14H2,1H3;1-11,13,20,30H,12H2. The molecular formula is C71H53Cl2F9N6O3. The molecule has 0 aliphatic heterocycles. The van der Waals surface area contributed by atoms with E-state index in [-0.39, 0.29) is 23.2 Å². The fraction of sp³-hybridized carbons (Fsp3) is 0.155. The SMILES string of the molecule is Cc1cc(Cl)cnc1CC(c1ccc(C(F)(F)F)cc1)c1ccc2cccnc2c1O.Cc1cccc(CC(c2ccc(C(F)(F)F)cc2)c2ccc3cccnc3c2O)n1.Oc1c(C(Cc2ccc(Cl)cn2)c2ccc(C(F)(F)F)cc2)ccc2cccnc12. The molecule has 91 heavy (non-hydrogen) atoms. The maximum Gasteiger partial charge on any atom is 0.416 e. The summed E-state index contributed by atoms with van der Waals surface area (Å²) in [4.78, 5) is 26.0. The maximum atomic E-state index is 13.0. The van der Waals surface area contributed by atoms with E-state index in [2.05, 4.69) is 29.9 Å². The van der Waals surface area contributed by atoms with Crippen molar-refractivity contribution in [1.29, 1.82) is 0 Å². The second-order valence-electron chi connectivity index (χ2n) is 21.5. The molecular weight excluding hydrogens is 1230 g/mol. The molecule has 20 heteroatoms. The Hall–Kier alpha value is -9.65. The van der Waals surface area contributed by atoms with Crippen molar-refractivity contribution in [2.24, 2.45) is 0 Å². The van der Waals surface area contributed by atoms with Gasteiger partial charge in [-0.1, -0.05) is 120 Å². The molecule has 3 N–H and O–H groups in total. The first-order valence-corrected chi connectivity index (χ1v) is 29.0. The molecule has 3 atom stereocenters. The van der Waals surface area contributed by atoms with Gasteiger partial charge in [0.2, 0.25) is 0 Å². The molecule has 0 bridgehead atoms. The van der Waals surface area contributed by atoms with Crippen molar-refractivity contribution < 1.29 is 54.8 Å². The number of hydrogen-bond donors (Lipinski definition) is 3. The molecule has 6 aromatic heterocycles. The highest BCUT2D eigenvalue weighted by Gasteiger charge is 2.34. The van der Waals surface area contributed by atoms with E-state index < -0.39 is 47.1 Å². The van der Waals surface area contributed by atoms with Crippen molar-refractivity contribution in [3.8, 4) is 17.2 Å². The van der Waals surface area contributed by atoms with Crippen LogP contribution in [0.15, 0.2) is 213 Å². The number of phenols is 3. The lowest BCUT2D eigenvalue weighted by atomic mass is 9.85. The van der Waals surface area contributed by atoms with Crippen LogP contribution in [0.2, 0.25) is 10.0 Å². The summed E-state index contributed by atoms with van der Waals surface area (Å²) in [6, 6.07) is 47.7. The molecule has 0 aliphatic rings. The third kappa shape index (κ3) is 15.3. The highest BCUT2D eigenvalue weighted by atomic mass is 35.5. The summed E-state index contributed by atoms with van der Waals surface area (Å²) >= 11 is 11.9. The largest absolute Gasteiger partial charge is 0.505 e. The average molecular weight is 1280 g/mol. The van der Waals surface area contributed by atoms with Gasteiger partial charge in [-0.05, 0) is 121 Å². The van der Waals surface area contributed by atoms with Crippen LogP contribution < -0.4 is 0 Å². The first-order valence-electron chi connectivity index (χ1n) is 28.2. The Morgan fingerprint density at radius 2 is 0.769 bits per heavy atom. The van der Waals surface area contributed by atoms with Gasteiger partial charge in [0, 0.05) is 124 Å². The van der Waals surface area contributed by atoms with Crippen LogP contribution >= 0.6 is 23.2 Å². The van der Waals surface area contributed by atoms with Crippen LogP contribution in [0.1, 0.15) is 96.2 Å². The van der Waals surface area contributed by atoms with Gasteiger partial charge < -0.3 is 15.3 Å². The Morgan fingerprint density at radius 1 is 0.385 bits per heavy atom. The van der Waals surface area contributed by atoms with E-state index in [1.54, 1.807) is 73.2 Å². The third-order valence-corrected chi connectivity index (χ3v) is 15.9. The lowest BCUT2D eigenvalue weighted by molar-refractivity contribution is -0.138. The van der Waals surface area contributed by atoms with Gasteiger partial charge in [-0.2, -0.15) is 39.5 Å². The minimum absolute atomic E-state index is 0.00645. The van der Waals surface area contributed by atoms with E-state index >= 15 is 0 Å². The zero-order valence-corrected chi connectivity index (χ0v) is 49.8.